The van der Waals surface area contributed by atoms with Gasteiger partial charge in [0.1, 0.15) is 25.4 Å². The molecule has 18 heteroatoms. The van der Waals surface area contributed by atoms with E-state index in [2.05, 4.69) is 203 Å². The van der Waals surface area contributed by atoms with Crippen LogP contribution in [0.2, 0.25) is 0 Å². The summed E-state index contributed by atoms with van der Waals surface area (Å²) in [5, 5.41) is 20.6. The van der Waals surface area contributed by atoms with Gasteiger partial charge < -0.3 is 34.2 Å². The Morgan fingerprint density at radius 1 is 0.277 bits per heavy atom. The number of ether oxygens (including phenoxy) is 3. The Kier molecular flexibility index (Phi) is 70.4. The second-order valence-electron chi connectivity index (χ2n) is 24.7. The third kappa shape index (κ3) is 75.6. The van der Waals surface area contributed by atoms with E-state index in [1.54, 1.807) is 0 Å². The first kappa shape index (κ1) is 95.6. The number of hydrogen-bond acceptors (Lipinski definition) is 14. The van der Waals surface area contributed by atoms with Crippen LogP contribution in [0, 0.1) is 0 Å². The molecule has 0 rings (SSSR count). The van der Waals surface area contributed by atoms with Crippen LogP contribution in [0.4, 0.5) is 0 Å². The number of carbonyl (C=O) groups excluding carboxylic acids is 3. The molecule has 0 aliphatic rings. The molecule has 0 aromatic heterocycles. The fourth-order valence-corrected chi connectivity index (χ4v) is 11.0. The lowest BCUT2D eigenvalue weighted by Gasteiger charge is -2.21. The fraction of sp³-hybridized carbons (Fsp3) is 0.602. The minimum Gasteiger partial charge on any atom is -0.463 e. The molecule has 0 fully saturated rings. The van der Waals surface area contributed by atoms with Crippen LogP contribution in [0.25, 0.3) is 0 Å². The van der Waals surface area contributed by atoms with Gasteiger partial charge in [-0.05, 0) is 154 Å². The van der Waals surface area contributed by atoms with E-state index in [1.807, 2.05) is 0 Å². The Hall–Kier alpha value is -5.35. The van der Waals surface area contributed by atoms with Crippen LogP contribution < -0.4 is 0 Å². The monoisotopic (exact) mass is 1450 g/mol. The first-order chi connectivity index (χ1) is 49.2. The standard InChI is InChI=1S/C83H134O16P2/c1-4-7-10-13-16-19-22-25-28-31-34-36-38-40-43-45-48-51-54-57-60-63-66-69-81(86)93-72-78(84)73-95-100(89,90)96-74-79(85)75-97-101(91,92)98-77-80(99-83(88)71-68-65-62-59-56-53-50-47-42-33-30-27-24-21-18-15-12-9-6-3)76-94-82(87)70-67-64-61-58-55-52-49-46-44-41-39-37-35-32-29-26-23-20-17-14-11-8-5-2/h7-12,16-21,25-30,34-37,40-44,47,53,56,78-80,84-85H,4-6,13-15,22-24,31-33,38-39,45-46,48-52,54-55,57-77H2,1-3H3,(H,89,90)(H,91,92)/b10-7-,11-8-,12-9-,19-16-,20-17-,21-18-,28-25-,29-26-,30-27-,36-34-,37-35-,43-40-,44-41-,47-42-,56-53-. The minimum atomic E-state index is -4.95. The van der Waals surface area contributed by atoms with E-state index >= 15 is 0 Å². The number of phosphoric acid groups is 2. The summed E-state index contributed by atoms with van der Waals surface area (Å²) in [5.74, 6) is -1.65. The van der Waals surface area contributed by atoms with E-state index in [4.69, 9.17) is 32.3 Å². The molecule has 4 N–H and O–H groups in total. The zero-order valence-corrected chi connectivity index (χ0v) is 64.0. The van der Waals surface area contributed by atoms with Crippen molar-refractivity contribution in [3.63, 3.8) is 0 Å². The van der Waals surface area contributed by atoms with E-state index in [9.17, 15) is 43.5 Å². The first-order valence-electron chi connectivity index (χ1n) is 38.1. The molecule has 0 aliphatic carbocycles. The maximum Gasteiger partial charge on any atom is 0.472 e. The molecule has 0 spiro atoms. The normalized spacial score (nSPS) is 15.0. The first-order valence-corrected chi connectivity index (χ1v) is 41.1. The summed E-state index contributed by atoms with van der Waals surface area (Å²) in [5.41, 5.74) is 0. The highest BCUT2D eigenvalue weighted by Gasteiger charge is 2.29. The van der Waals surface area contributed by atoms with Gasteiger partial charge in [-0.15, -0.1) is 0 Å². The molecule has 572 valence electrons. The van der Waals surface area contributed by atoms with Crippen molar-refractivity contribution in [1.82, 2.24) is 0 Å². The van der Waals surface area contributed by atoms with E-state index in [-0.39, 0.29) is 19.3 Å². The molecule has 16 nitrogen and oxygen atoms in total. The highest BCUT2D eigenvalue weighted by atomic mass is 31.2. The molecular weight excluding hydrogens is 1310 g/mol. The number of aliphatic hydroxyl groups is 2. The predicted octanol–water partition coefficient (Wildman–Crippen LogP) is 22.2. The van der Waals surface area contributed by atoms with Crippen molar-refractivity contribution in [1.29, 1.82) is 0 Å². The molecule has 5 atom stereocenters. The molecule has 0 saturated heterocycles. The van der Waals surface area contributed by atoms with Gasteiger partial charge in [0.2, 0.25) is 0 Å². The van der Waals surface area contributed by atoms with Gasteiger partial charge in [0.05, 0.1) is 26.4 Å². The van der Waals surface area contributed by atoms with Crippen LogP contribution in [0.1, 0.15) is 265 Å². The largest absolute Gasteiger partial charge is 0.472 e. The Bertz CT molecular complexity index is 2570. The minimum absolute atomic E-state index is 0.0549. The third-order valence-corrected chi connectivity index (χ3v) is 17.0. The fourth-order valence-electron chi connectivity index (χ4n) is 9.41. The molecule has 0 amide bonds. The zero-order chi connectivity index (χ0) is 73.7. The lowest BCUT2D eigenvalue weighted by Crippen LogP contribution is -2.30. The molecule has 101 heavy (non-hydrogen) atoms. The summed E-state index contributed by atoms with van der Waals surface area (Å²) in [6.45, 7) is 2.25. The summed E-state index contributed by atoms with van der Waals surface area (Å²) in [6, 6.07) is 0. The van der Waals surface area contributed by atoms with Gasteiger partial charge in [-0.2, -0.15) is 0 Å². The quantitative estimate of drug-likeness (QED) is 0.0146. The average Bonchev–Trinajstić information content (AvgIpc) is 1.05. The second kappa shape index (κ2) is 74.4. The predicted molar refractivity (Wildman–Crippen MR) is 417 cm³/mol. The lowest BCUT2D eigenvalue weighted by molar-refractivity contribution is -0.161. The highest BCUT2D eigenvalue weighted by Crippen LogP contribution is 2.45. The number of allylic oxidation sites excluding steroid dienone is 30. The number of aliphatic hydroxyl groups excluding tert-OH is 2. The summed E-state index contributed by atoms with van der Waals surface area (Å²) in [4.78, 5) is 58.7. The van der Waals surface area contributed by atoms with Gasteiger partial charge >= 0.3 is 33.6 Å². The number of unbranched alkanes of at least 4 members (excludes halogenated alkanes) is 17. The third-order valence-electron chi connectivity index (χ3n) is 15.1. The van der Waals surface area contributed by atoms with E-state index in [0.29, 0.717) is 19.3 Å². The van der Waals surface area contributed by atoms with E-state index in [1.165, 1.54) is 0 Å². The van der Waals surface area contributed by atoms with Crippen LogP contribution >= 0.6 is 15.6 Å². The molecule has 0 bridgehead atoms. The molecule has 0 saturated carbocycles. The summed E-state index contributed by atoms with van der Waals surface area (Å²) >= 11 is 0. The number of hydrogen-bond donors (Lipinski definition) is 4. The van der Waals surface area contributed by atoms with Crippen LogP contribution in [-0.4, -0.2) is 95.9 Å². The SMILES string of the molecule is CC/C=C\C/C=C\C/C=C\C/C=C\C/C=C\CCCCCCCCCC(=O)OCC(O)COP(=O)(O)OCC(O)COP(=O)(O)OCC(COC(=O)CCCCCCCCC/C=C\C/C=C\C/C=C\C/C=C\C/C=C\CC)OC(=O)CCCCC/C=C\C/C=C\C/C=C\C/C=C\C/C=C\CC. The van der Waals surface area contributed by atoms with Gasteiger partial charge in [-0.25, -0.2) is 9.13 Å². The maximum absolute atomic E-state index is 13.0. The Morgan fingerprint density at radius 2 is 0.495 bits per heavy atom. The van der Waals surface area contributed by atoms with Crippen molar-refractivity contribution in [3.8, 4) is 0 Å². The number of carbonyl (C=O) groups is 3. The summed E-state index contributed by atoms with van der Waals surface area (Å²) in [7, 11) is -9.82. The van der Waals surface area contributed by atoms with Gasteiger partial charge in [-0.1, -0.05) is 274 Å². The smallest absolute Gasteiger partial charge is 0.463 e. The Labute approximate surface area is 611 Å². The second-order valence-corrected chi connectivity index (χ2v) is 27.6. The van der Waals surface area contributed by atoms with Crippen molar-refractivity contribution in [2.75, 3.05) is 39.6 Å². The van der Waals surface area contributed by atoms with Crippen LogP contribution in [0.3, 0.4) is 0 Å². The average molecular weight is 1450 g/mol. The van der Waals surface area contributed by atoms with Crippen LogP contribution in [-0.2, 0) is 55.8 Å². The number of esters is 3. The van der Waals surface area contributed by atoms with E-state index in [0.717, 1.165) is 205 Å². The molecule has 0 aromatic carbocycles. The van der Waals surface area contributed by atoms with Crippen LogP contribution in [0.5, 0.6) is 0 Å². The van der Waals surface area contributed by atoms with Gasteiger partial charge in [0.15, 0.2) is 6.10 Å². The summed E-state index contributed by atoms with van der Waals surface area (Å²) < 4.78 is 61.1. The molecular formula is C83H134O16P2. The van der Waals surface area contributed by atoms with Crippen molar-refractivity contribution < 1.29 is 75.8 Å². The summed E-state index contributed by atoms with van der Waals surface area (Å²) in [6.07, 6.45) is 95.0. The van der Waals surface area contributed by atoms with Gasteiger partial charge in [0, 0.05) is 19.3 Å². The highest BCUT2D eigenvalue weighted by molar-refractivity contribution is 7.47. The van der Waals surface area contributed by atoms with E-state index < -0.39 is 91.5 Å². The topological polar surface area (TPSA) is 231 Å². The molecule has 0 heterocycles. The number of phosphoric ester groups is 2. The van der Waals surface area contributed by atoms with Crippen molar-refractivity contribution in [2.45, 2.75) is 283 Å². The molecule has 0 aliphatic heterocycles. The van der Waals surface area contributed by atoms with Gasteiger partial charge in [0.25, 0.3) is 0 Å². The zero-order valence-electron chi connectivity index (χ0n) is 62.2. The lowest BCUT2D eigenvalue weighted by atomic mass is 10.1. The Morgan fingerprint density at radius 3 is 0.792 bits per heavy atom. The molecule has 0 aromatic rings. The van der Waals surface area contributed by atoms with Crippen molar-refractivity contribution in [3.05, 3.63) is 182 Å². The van der Waals surface area contributed by atoms with Gasteiger partial charge in [-0.3, -0.25) is 32.5 Å². The van der Waals surface area contributed by atoms with Crippen molar-refractivity contribution in [2.24, 2.45) is 0 Å². The molecule has 5 unspecified atom stereocenters. The molecule has 0 radical (unpaired) electrons. The van der Waals surface area contributed by atoms with Crippen LogP contribution in [0.15, 0.2) is 182 Å². The Balaban J connectivity index is 4.76. The maximum atomic E-state index is 13.0. The van der Waals surface area contributed by atoms with Crippen molar-refractivity contribution >= 4 is 33.6 Å². The number of rotatable bonds is 70.